The number of carbonyl (C=O) groups is 2. The number of aromatic nitrogens is 2. The van der Waals surface area contributed by atoms with Crippen molar-refractivity contribution in [1.82, 2.24) is 15.3 Å². The van der Waals surface area contributed by atoms with E-state index in [0.29, 0.717) is 22.8 Å². The molecule has 1 aromatic carbocycles. The predicted molar refractivity (Wildman–Crippen MR) is 92.8 cm³/mol. The number of nitrogens with zero attached hydrogens (tertiary/aromatic N) is 2. The van der Waals surface area contributed by atoms with Crippen molar-refractivity contribution >= 4 is 23.5 Å². The van der Waals surface area contributed by atoms with Crippen molar-refractivity contribution in [2.75, 3.05) is 12.4 Å². The maximum atomic E-state index is 12.2. The molecule has 7 heteroatoms. The van der Waals surface area contributed by atoms with Crippen LogP contribution in [0.1, 0.15) is 46.4 Å². The molecule has 25 heavy (non-hydrogen) atoms. The van der Waals surface area contributed by atoms with Gasteiger partial charge in [-0.25, -0.2) is 14.8 Å². The summed E-state index contributed by atoms with van der Waals surface area (Å²) in [6.45, 7) is 0. The molecule has 1 aromatic heterocycles. The minimum atomic E-state index is -0.413. The van der Waals surface area contributed by atoms with Crippen molar-refractivity contribution < 1.29 is 14.3 Å². The van der Waals surface area contributed by atoms with Gasteiger partial charge in [0.25, 0.3) is 5.91 Å². The molecule has 0 spiro atoms. The number of nitrogens with one attached hydrogen (secondary N) is 2. The Morgan fingerprint density at radius 2 is 1.84 bits per heavy atom. The van der Waals surface area contributed by atoms with Crippen molar-refractivity contribution in [2.24, 2.45) is 0 Å². The zero-order valence-electron chi connectivity index (χ0n) is 14.0. The molecular weight excluding hydrogens is 320 g/mol. The van der Waals surface area contributed by atoms with Crippen LogP contribution in [-0.2, 0) is 4.74 Å². The Hall–Kier alpha value is -2.96. The Kier molecular flexibility index (Phi) is 5.23. The van der Waals surface area contributed by atoms with E-state index in [9.17, 15) is 9.59 Å². The van der Waals surface area contributed by atoms with Gasteiger partial charge in [0.05, 0.1) is 18.2 Å². The third kappa shape index (κ3) is 4.32. The highest BCUT2D eigenvalue weighted by atomic mass is 16.5. The van der Waals surface area contributed by atoms with Crippen LogP contribution in [0.5, 0.6) is 0 Å². The Morgan fingerprint density at radius 3 is 2.52 bits per heavy atom. The first-order valence-corrected chi connectivity index (χ1v) is 8.24. The van der Waals surface area contributed by atoms with Crippen LogP contribution in [0.25, 0.3) is 0 Å². The van der Waals surface area contributed by atoms with Crippen LogP contribution < -0.4 is 10.6 Å². The lowest BCUT2D eigenvalue weighted by molar-refractivity contribution is 0.0600. The van der Waals surface area contributed by atoms with Crippen LogP contribution in [0.2, 0.25) is 0 Å². The van der Waals surface area contributed by atoms with Gasteiger partial charge in [-0.05, 0) is 31.0 Å². The summed E-state index contributed by atoms with van der Waals surface area (Å²) >= 11 is 0. The lowest BCUT2D eigenvalue weighted by atomic mass is 10.2. The molecule has 2 aromatic rings. The monoisotopic (exact) mass is 340 g/mol. The maximum Gasteiger partial charge on any atom is 0.337 e. The standard InChI is InChI=1S/C18H20N4O3/c1-25-17(24)12-5-4-8-15(9-12)22-18-19-10-13(11-20-18)16(23)21-14-6-2-3-7-14/h4-5,8-11,14H,2-3,6-7H2,1H3,(H,21,23)(H,19,20,22). The molecule has 0 unspecified atom stereocenters. The van der Waals surface area contributed by atoms with E-state index in [1.807, 2.05) is 0 Å². The Balaban J connectivity index is 1.64. The number of hydrogen-bond acceptors (Lipinski definition) is 6. The Labute approximate surface area is 145 Å². The first-order valence-electron chi connectivity index (χ1n) is 8.24. The van der Waals surface area contributed by atoms with E-state index in [0.717, 1.165) is 25.7 Å². The summed E-state index contributed by atoms with van der Waals surface area (Å²) in [6.07, 6.45) is 7.36. The highest BCUT2D eigenvalue weighted by Gasteiger charge is 2.18. The molecule has 1 aliphatic rings. The number of hydrogen-bond donors (Lipinski definition) is 2. The first kappa shape index (κ1) is 16.9. The molecular formula is C18H20N4O3. The molecule has 0 atom stereocenters. The second kappa shape index (κ2) is 7.74. The van der Waals surface area contributed by atoms with Gasteiger partial charge in [0.2, 0.25) is 5.95 Å². The first-order chi connectivity index (χ1) is 12.2. The number of ether oxygens (including phenoxy) is 1. The lowest BCUT2D eigenvalue weighted by Gasteiger charge is -2.11. The molecule has 0 saturated heterocycles. The van der Waals surface area contributed by atoms with Gasteiger partial charge in [-0.1, -0.05) is 18.9 Å². The summed E-state index contributed by atoms with van der Waals surface area (Å²) in [6, 6.07) is 7.09. The molecule has 1 aliphatic carbocycles. The number of benzene rings is 1. The normalized spacial score (nSPS) is 14.1. The molecule has 1 heterocycles. The largest absolute Gasteiger partial charge is 0.465 e. The van der Waals surface area contributed by atoms with Crippen molar-refractivity contribution in [1.29, 1.82) is 0 Å². The highest BCUT2D eigenvalue weighted by Crippen LogP contribution is 2.18. The summed E-state index contributed by atoms with van der Waals surface area (Å²) < 4.78 is 4.70. The Morgan fingerprint density at radius 1 is 1.12 bits per heavy atom. The number of methoxy groups -OCH3 is 1. The van der Waals surface area contributed by atoms with Gasteiger partial charge in [0.1, 0.15) is 0 Å². The molecule has 1 fully saturated rings. The van der Waals surface area contributed by atoms with Gasteiger partial charge in [-0.3, -0.25) is 4.79 Å². The van der Waals surface area contributed by atoms with Crippen molar-refractivity contribution in [3.8, 4) is 0 Å². The van der Waals surface area contributed by atoms with Crippen molar-refractivity contribution in [2.45, 2.75) is 31.7 Å². The molecule has 1 saturated carbocycles. The average molecular weight is 340 g/mol. The summed E-state index contributed by atoms with van der Waals surface area (Å²) in [7, 11) is 1.33. The average Bonchev–Trinajstić information content (AvgIpc) is 3.15. The quantitative estimate of drug-likeness (QED) is 0.813. The fraction of sp³-hybridized carbons (Fsp3) is 0.333. The van der Waals surface area contributed by atoms with Gasteiger partial charge in [-0.2, -0.15) is 0 Å². The molecule has 3 rings (SSSR count). The van der Waals surface area contributed by atoms with Gasteiger partial charge < -0.3 is 15.4 Å². The summed E-state index contributed by atoms with van der Waals surface area (Å²) in [4.78, 5) is 32.0. The minimum Gasteiger partial charge on any atom is -0.465 e. The molecule has 1 amide bonds. The van der Waals surface area contributed by atoms with Gasteiger partial charge in [0, 0.05) is 24.1 Å². The van der Waals surface area contributed by atoms with E-state index in [-0.39, 0.29) is 11.9 Å². The molecule has 2 N–H and O–H groups in total. The number of rotatable bonds is 5. The Bertz CT molecular complexity index is 755. The maximum absolute atomic E-state index is 12.2. The lowest BCUT2D eigenvalue weighted by Crippen LogP contribution is -2.32. The summed E-state index contributed by atoms with van der Waals surface area (Å²) in [5.41, 5.74) is 1.52. The highest BCUT2D eigenvalue weighted by molar-refractivity contribution is 5.94. The molecule has 0 radical (unpaired) electrons. The zero-order valence-corrected chi connectivity index (χ0v) is 14.0. The number of amides is 1. The van der Waals surface area contributed by atoms with Crippen LogP contribution in [0.15, 0.2) is 36.7 Å². The smallest absolute Gasteiger partial charge is 0.337 e. The van der Waals surface area contributed by atoms with Gasteiger partial charge in [-0.15, -0.1) is 0 Å². The molecule has 130 valence electrons. The number of carbonyl (C=O) groups excluding carboxylic acids is 2. The van der Waals surface area contributed by atoms with Crippen LogP contribution in [0, 0.1) is 0 Å². The third-order valence-corrected chi connectivity index (χ3v) is 4.14. The second-order valence-electron chi connectivity index (χ2n) is 5.95. The SMILES string of the molecule is COC(=O)c1cccc(Nc2ncc(C(=O)NC3CCCC3)cn2)c1. The van der Waals surface area contributed by atoms with Crippen LogP contribution in [0.4, 0.5) is 11.6 Å². The topological polar surface area (TPSA) is 93.2 Å². The second-order valence-corrected chi connectivity index (χ2v) is 5.95. The van der Waals surface area contributed by atoms with E-state index >= 15 is 0 Å². The molecule has 0 bridgehead atoms. The number of esters is 1. The summed E-state index contributed by atoms with van der Waals surface area (Å²) in [5.74, 6) is -0.214. The molecule has 0 aliphatic heterocycles. The van der Waals surface area contributed by atoms with E-state index in [1.165, 1.54) is 19.5 Å². The molecule has 7 nitrogen and oxygen atoms in total. The fourth-order valence-electron chi connectivity index (χ4n) is 2.82. The third-order valence-electron chi connectivity index (χ3n) is 4.14. The van der Waals surface area contributed by atoms with E-state index < -0.39 is 5.97 Å². The van der Waals surface area contributed by atoms with Gasteiger partial charge >= 0.3 is 5.97 Å². The van der Waals surface area contributed by atoms with E-state index in [4.69, 9.17) is 4.74 Å². The van der Waals surface area contributed by atoms with E-state index in [2.05, 4.69) is 20.6 Å². The fourth-order valence-corrected chi connectivity index (χ4v) is 2.82. The van der Waals surface area contributed by atoms with E-state index in [1.54, 1.807) is 24.3 Å². The van der Waals surface area contributed by atoms with Crippen molar-refractivity contribution in [3.63, 3.8) is 0 Å². The van der Waals surface area contributed by atoms with Crippen molar-refractivity contribution in [3.05, 3.63) is 47.8 Å². The van der Waals surface area contributed by atoms with Crippen LogP contribution in [0.3, 0.4) is 0 Å². The zero-order chi connectivity index (χ0) is 17.6. The van der Waals surface area contributed by atoms with Crippen LogP contribution in [-0.4, -0.2) is 35.0 Å². The van der Waals surface area contributed by atoms with Gasteiger partial charge in [0.15, 0.2) is 0 Å². The summed E-state index contributed by atoms with van der Waals surface area (Å²) in [5, 5.41) is 6.00. The minimum absolute atomic E-state index is 0.147. The predicted octanol–water partition coefficient (Wildman–Crippen LogP) is 2.68. The van der Waals surface area contributed by atoms with Crippen LogP contribution >= 0.6 is 0 Å². The number of anilines is 2.